The second-order valence-corrected chi connectivity index (χ2v) is 9.40. The molecule has 1 aromatic heterocycles. The Morgan fingerprint density at radius 2 is 1.81 bits per heavy atom. The van der Waals surface area contributed by atoms with Gasteiger partial charge in [-0.3, -0.25) is 4.79 Å². The number of hydrogen-bond donors (Lipinski definition) is 2. The number of thioether (sulfide) groups is 1. The lowest BCUT2D eigenvalue weighted by molar-refractivity contribution is -0.118. The van der Waals surface area contributed by atoms with E-state index in [-0.39, 0.29) is 23.7 Å². The summed E-state index contributed by atoms with van der Waals surface area (Å²) < 4.78 is 7.12. The monoisotopic (exact) mass is 459 g/mol. The van der Waals surface area contributed by atoms with Gasteiger partial charge in [0.2, 0.25) is 11.1 Å². The molecule has 0 bridgehead atoms. The van der Waals surface area contributed by atoms with E-state index < -0.39 is 0 Å². The van der Waals surface area contributed by atoms with E-state index in [0.717, 1.165) is 11.3 Å². The topological polar surface area (TPSA) is 95.1 Å². The van der Waals surface area contributed by atoms with E-state index in [2.05, 4.69) is 36.3 Å². The van der Waals surface area contributed by atoms with Crippen LogP contribution in [0.5, 0.6) is 5.75 Å². The molecule has 164 valence electrons. The molecule has 0 radical (unpaired) electrons. The summed E-state index contributed by atoms with van der Waals surface area (Å²) in [5.74, 6) is 7.32. The minimum Gasteiger partial charge on any atom is -0.486 e. The molecule has 0 atom stereocenters. The number of benzene rings is 2. The first-order valence-corrected chi connectivity index (χ1v) is 11.2. The van der Waals surface area contributed by atoms with Gasteiger partial charge in [-0.2, -0.15) is 0 Å². The summed E-state index contributed by atoms with van der Waals surface area (Å²) in [6.45, 7) is 7.10. The predicted molar refractivity (Wildman–Crippen MR) is 124 cm³/mol. The first-order chi connectivity index (χ1) is 14.7. The van der Waals surface area contributed by atoms with Crippen LogP contribution in [-0.4, -0.2) is 26.5 Å². The van der Waals surface area contributed by atoms with Gasteiger partial charge in [0.15, 0.2) is 5.82 Å². The van der Waals surface area contributed by atoms with Gasteiger partial charge < -0.3 is 15.9 Å². The van der Waals surface area contributed by atoms with Crippen LogP contribution in [0.15, 0.2) is 53.7 Å². The first-order valence-electron chi connectivity index (χ1n) is 9.79. The first kappa shape index (κ1) is 23.0. The van der Waals surface area contributed by atoms with Crippen LogP contribution in [0, 0.1) is 0 Å². The van der Waals surface area contributed by atoms with Crippen LogP contribution >= 0.6 is 23.4 Å². The second kappa shape index (κ2) is 10.1. The molecule has 1 amide bonds. The van der Waals surface area contributed by atoms with Crippen molar-refractivity contribution < 1.29 is 9.53 Å². The highest BCUT2D eigenvalue weighted by atomic mass is 35.5. The number of amides is 1. The van der Waals surface area contributed by atoms with Crippen molar-refractivity contribution in [2.45, 2.75) is 44.5 Å². The second-order valence-electron chi connectivity index (χ2n) is 8.02. The quantitative estimate of drug-likeness (QED) is 0.391. The van der Waals surface area contributed by atoms with E-state index in [4.69, 9.17) is 22.2 Å². The maximum atomic E-state index is 12.1. The highest BCUT2D eigenvalue weighted by Gasteiger charge is 2.15. The van der Waals surface area contributed by atoms with Crippen LogP contribution in [0.1, 0.15) is 37.7 Å². The molecule has 3 aromatic rings. The molecule has 2 aromatic carbocycles. The lowest BCUT2D eigenvalue weighted by atomic mass is 9.87. The molecule has 0 saturated carbocycles. The van der Waals surface area contributed by atoms with Crippen LogP contribution in [0.3, 0.4) is 0 Å². The van der Waals surface area contributed by atoms with Crippen molar-refractivity contribution in [2.24, 2.45) is 0 Å². The SMILES string of the molecule is CC(C)(C)c1ccc(OCc2nnc(SCC(=O)NCc3ccc(Cl)cc3)n2N)cc1. The van der Waals surface area contributed by atoms with Gasteiger partial charge in [0.25, 0.3) is 0 Å². The molecule has 3 rings (SSSR count). The Labute approximate surface area is 191 Å². The maximum absolute atomic E-state index is 12.1. The van der Waals surface area contributed by atoms with E-state index >= 15 is 0 Å². The number of ether oxygens (including phenoxy) is 1. The zero-order valence-electron chi connectivity index (χ0n) is 17.8. The number of carbonyl (C=O) groups excluding carboxylic acids is 1. The highest BCUT2D eigenvalue weighted by Crippen LogP contribution is 2.24. The van der Waals surface area contributed by atoms with E-state index in [0.29, 0.717) is 22.5 Å². The van der Waals surface area contributed by atoms with Gasteiger partial charge in [-0.05, 0) is 40.8 Å². The number of rotatable bonds is 8. The van der Waals surface area contributed by atoms with Crippen molar-refractivity contribution in [3.8, 4) is 5.75 Å². The van der Waals surface area contributed by atoms with Crippen molar-refractivity contribution in [1.82, 2.24) is 20.2 Å². The molecule has 7 nitrogen and oxygen atoms in total. The number of nitrogens with two attached hydrogens (primary N) is 1. The zero-order chi connectivity index (χ0) is 22.4. The van der Waals surface area contributed by atoms with Gasteiger partial charge in [0, 0.05) is 11.6 Å². The minimum atomic E-state index is -0.125. The Kier molecular flexibility index (Phi) is 7.46. The van der Waals surface area contributed by atoms with E-state index in [1.54, 1.807) is 12.1 Å². The van der Waals surface area contributed by atoms with Crippen LogP contribution in [-0.2, 0) is 23.4 Å². The molecule has 0 unspecified atom stereocenters. The van der Waals surface area contributed by atoms with Crippen LogP contribution in [0.2, 0.25) is 5.02 Å². The lowest BCUT2D eigenvalue weighted by Gasteiger charge is -2.19. The lowest BCUT2D eigenvalue weighted by Crippen LogP contribution is -2.25. The van der Waals surface area contributed by atoms with E-state index in [1.807, 2.05) is 36.4 Å². The average molecular weight is 460 g/mol. The summed E-state index contributed by atoms with van der Waals surface area (Å²) in [5.41, 5.74) is 2.29. The van der Waals surface area contributed by atoms with Crippen molar-refractivity contribution >= 4 is 29.3 Å². The van der Waals surface area contributed by atoms with Gasteiger partial charge >= 0.3 is 0 Å². The number of nitrogens with zero attached hydrogens (tertiary/aromatic N) is 3. The summed E-state index contributed by atoms with van der Waals surface area (Å²) >= 11 is 7.08. The fourth-order valence-corrected chi connectivity index (χ4v) is 3.52. The van der Waals surface area contributed by atoms with E-state index in [9.17, 15) is 4.79 Å². The summed E-state index contributed by atoms with van der Waals surface area (Å²) in [6, 6.07) is 15.3. The summed E-state index contributed by atoms with van der Waals surface area (Å²) in [6.07, 6.45) is 0. The molecule has 0 saturated heterocycles. The number of nitrogens with one attached hydrogen (secondary N) is 1. The molecular formula is C22H26ClN5O2S. The van der Waals surface area contributed by atoms with Crippen molar-refractivity contribution in [3.63, 3.8) is 0 Å². The van der Waals surface area contributed by atoms with Gasteiger partial charge in [-0.1, -0.05) is 68.4 Å². The third kappa shape index (κ3) is 6.63. The standard InChI is InChI=1S/C22H26ClN5O2S/c1-22(2,3)16-6-10-18(11-7-16)30-13-19-26-27-21(28(19)24)31-14-20(29)25-12-15-4-8-17(23)9-5-15/h4-11H,12-14,24H2,1-3H3,(H,25,29). The number of aromatic nitrogens is 3. The molecule has 3 N–H and O–H groups in total. The maximum Gasteiger partial charge on any atom is 0.230 e. The molecule has 0 fully saturated rings. The smallest absolute Gasteiger partial charge is 0.230 e. The van der Waals surface area contributed by atoms with Gasteiger partial charge in [0.05, 0.1) is 5.75 Å². The van der Waals surface area contributed by atoms with Crippen molar-refractivity contribution in [2.75, 3.05) is 11.6 Å². The molecule has 0 aliphatic heterocycles. The van der Waals surface area contributed by atoms with E-state index in [1.165, 1.54) is 22.0 Å². The third-order valence-electron chi connectivity index (χ3n) is 4.56. The largest absolute Gasteiger partial charge is 0.486 e. The fourth-order valence-electron chi connectivity index (χ4n) is 2.69. The minimum absolute atomic E-state index is 0.0865. The zero-order valence-corrected chi connectivity index (χ0v) is 19.3. The Hall–Kier alpha value is -2.71. The van der Waals surface area contributed by atoms with Gasteiger partial charge in [-0.15, -0.1) is 10.2 Å². The molecular weight excluding hydrogens is 434 g/mol. The highest BCUT2D eigenvalue weighted by molar-refractivity contribution is 7.99. The Balaban J connectivity index is 1.47. The summed E-state index contributed by atoms with van der Waals surface area (Å²) in [4.78, 5) is 12.1. The van der Waals surface area contributed by atoms with Crippen molar-refractivity contribution in [1.29, 1.82) is 0 Å². The Bertz CT molecular complexity index is 1010. The normalized spacial score (nSPS) is 11.4. The van der Waals surface area contributed by atoms with Crippen LogP contribution in [0.4, 0.5) is 0 Å². The summed E-state index contributed by atoms with van der Waals surface area (Å²) in [5, 5.41) is 12.1. The van der Waals surface area contributed by atoms with Gasteiger partial charge in [0.1, 0.15) is 12.4 Å². The molecule has 1 heterocycles. The molecule has 9 heteroatoms. The number of carbonyl (C=O) groups is 1. The summed E-state index contributed by atoms with van der Waals surface area (Å²) in [7, 11) is 0. The number of nitrogen functional groups attached to an aromatic ring is 1. The predicted octanol–water partition coefficient (Wildman–Crippen LogP) is 3.93. The van der Waals surface area contributed by atoms with Crippen molar-refractivity contribution in [3.05, 3.63) is 70.5 Å². The molecule has 0 spiro atoms. The van der Waals surface area contributed by atoms with Crippen LogP contribution in [0.25, 0.3) is 0 Å². The Morgan fingerprint density at radius 3 is 2.45 bits per heavy atom. The Morgan fingerprint density at radius 1 is 1.13 bits per heavy atom. The van der Waals surface area contributed by atoms with Crippen LogP contribution < -0.4 is 15.9 Å². The third-order valence-corrected chi connectivity index (χ3v) is 5.75. The molecule has 0 aliphatic rings. The molecule has 0 aliphatic carbocycles. The van der Waals surface area contributed by atoms with Gasteiger partial charge in [-0.25, -0.2) is 4.68 Å². The fraction of sp³-hybridized carbons (Fsp3) is 0.318. The average Bonchev–Trinajstić information content (AvgIpc) is 3.09. The number of hydrogen-bond acceptors (Lipinski definition) is 6. The molecule has 31 heavy (non-hydrogen) atoms. The number of halogens is 1.